The van der Waals surface area contributed by atoms with Crippen molar-refractivity contribution in [3.05, 3.63) is 35.6 Å². The smallest absolute Gasteiger partial charge is 0.222 e. The molecule has 2 saturated heterocycles. The molecule has 0 radical (unpaired) electrons. The highest BCUT2D eigenvalue weighted by molar-refractivity contribution is 5.76. The highest BCUT2D eigenvalue weighted by atomic mass is 19.1. The number of halogens is 1. The van der Waals surface area contributed by atoms with Crippen LogP contribution in [0.1, 0.15) is 44.1 Å². The summed E-state index contributed by atoms with van der Waals surface area (Å²) in [5, 5.41) is 0. The molecule has 0 N–H and O–H groups in total. The van der Waals surface area contributed by atoms with E-state index in [1.54, 1.807) is 6.07 Å². The van der Waals surface area contributed by atoms with Gasteiger partial charge in [0.05, 0.1) is 0 Å². The molecular formula is C22H34FN3O. The molecule has 2 fully saturated rings. The molecule has 0 saturated carbocycles. The lowest BCUT2D eigenvalue weighted by Crippen LogP contribution is -2.44. The number of likely N-dealkylation sites (tertiary alicyclic amines) is 2. The zero-order valence-corrected chi connectivity index (χ0v) is 16.9. The van der Waals surface area contributed by atoms with Gasteiger partial charge in [0.15, 0.2) is 0 Å². The molecule has 3 rings (SSSR count). The molecule has 1 aromatic rings. The number of nitrogens with zero attached hydrogens (tertiary/aromatic N) is 3. The summed E-state index contributed by atoms with van der Waals surface area (Å²) >= 11 is 0. The first kappa shape index (κ1) is 20.3. The Labute approximate surface area is 163 Å². The van der Waals surface area contributed by atoms with Crippen molar-refractivity contribution < 1.29 is 9.18 Å². The topological polar surface area (TPSA) is 26.8 Å². The molecule has 150 valence electrons. The van der Waals surface area contributed by atoms with Gasteiger partial charge < -0.3 is 9.80 Å². The molecule has 2 heterocycles. The predicted molar refractivity (Wildman–Crippen MR) is 107 cm³/mol. The molecule has 1 atom stereocenters. The van der Waals surface area contributed by atoms with Crippen LogP contribution in [-0.2, 0) is 11.3 Å². The van der Waals surface area contributed by atoms with E-state index in [4.69, 9.17) is 0 Å². The van der Waals surface area contributed by atoms with Crippen molar-refractivity contribution in [3.8, 4) is 0 Å². The number of carbonyl (C=O) groups is 1. The van der Waals surface area contributed by atoms with Crippen LogP contribution < -0.4 is 0 Å². The van der Waals surface area contributed by atoms with E-state index in [1.165, 1.54) is 12.5 Å². The summed E-state index contributed by atoms with van der Waals surface area (Å²) in [6.45, 7) is 4.83. The zero-order valence-electron chi connectivity index (χ0n) is 16.9. The first-order chi connectivity index (χ1) is 13.0. The maximum Gasteiger partial charge on any atom is 0.222 e. The van der Waals surface area contributed by atoms with Crippen LogP contribution in [0.2, 0.25) is 0 Å². The molecule has 1 amide bonds. The van der Waals surface area contributed by atoms with Gasteiger partial charge in [0.2, 0.25) is 5.91 Å². The summed E-state index contributed by atoms with van der Waals surface area (Å²) in [7, 11) is 4.12. The monoisotopic (exact) mass is 375 g/mol. The van der Waals surface area contributed by atoms with Gasteiger partial charge in [-0.15, -0.1) is 0 Å². The van der Waals surface area contributed by atoms with Gasteiger partial charge in [-0.25, -0.2) is 4.39 Å². The van der Waals surface area contributed by atoms with Crippen LogP contribution in [0.15, 0.2) is 24.3 Å². The first-order valence-electron chi connectivity index (χ1n) is 10.4. The van der Waals surface area contributed by atoms with E-state index in [0.717, 1.165) is 57.4 Å². The Morgan fingerprint density at radius 2 is 1.93 bits per heavy atom. The Bertz CT molecular complexity index is 615. The molecule has 0 spiro atoms. The lowest BCUT2D eigenvalue weighted by molar-refractivity contribution is -0.133. The summed E-state index contributed by atoms with van der Waals surface area (Å²) in [5.74, 6) is 0.714. The van der Waals surface area contributed by atoms with Gasteiger partial charge in [-0.1, -0.05) is 18.2 Å². The number of carbonyl (C=O) groups excluding carboxylic acids is 1. The standard InChI is InChI=1S/C22H34FN3O/c1-24-14-11-20(12-15-24)25(2)22(27)10-9-18-6-5-13-26(16-18)17-19-7-3-4-8-21(19)23/h3-4,7-8,18,20H,5-6,9-17H2,1-2H3/t18-/m1/s1. The molecule has 2 aliphatic heterocycles. The molecule has 0 bridgehead atoms. The number of piperidine rings is 2. The van der Waals surface area contributed by atoms with Crippen LogP contribution in [-0.4, -0.2) is 66.9 Å². The minimum absolute atomic E-state index is 0.116. The number of amides is 1. The first-order valence-corrected chi connectivity index (χ1v) is 10.4. The van der Waals surface area contributed by atoms with E-state index < -0.39 is 0 Å². The molecule has 4 nitrogen and oxygen atoms in total. The Balaban J connectivity index is 1.43. The number of hydrogen-bond donors (Lipinski definition) is 0. The Hall–Kier alpha value is -1.46. The SMILES string of the molecule is CN1CCC(N(C)C(=O)CC[C@H]2CCCN(Cc3ccccc3F)C2)CC1. The maximum absolute atomic E-state index is 13.9. The number of benzene rings is 1. The summed E-state index contributed by atoms with van der Waals surface area (Å²) in [6.07, 6.45) is 6.07. The van der Waals surface area contributed by atoms with E-state index >= 15 is 0 Å². The third-order valence-corrected chi connectivity index (χ3v) is 6.35. The maximum atomic E-state index is 13.9. The summed E-state index contributed by atoms with van der Waals surface area (Å²) < 4.78 is 13.9. The fraction of sp³-hybridized carbons (Fsp3) is 0.682. The fourth-order valence-corrected chi connectivity index (χ4v) is 4.49. The second-order valence-corrected chi connectivity index (χ2v) is 8.41. The van der Waals surface area contributed by atoms with Crippen molar-refractivity contribution >= 4 is 5.91 Å². The number of rotatable bonds is 6. The lowest BCUT2D eigenvalue weighted by atomic mass is 9.92. The average molecular weight is 376 g/mol. The second-order valence-electron chi connectivity index (χ2n) is 8.41. The molecule has 1 aromatic carbocycles. The molecule has 5 heteroatoms. The van der Waals surface area contributed by atoms with E-state index in [9.17, 15) is 9.18 Å². The minimum atomic E-state index is -0.116. The van der Waals surface area contributed by atoms with Gasteiger partial charge in [0.25, 0.3) is 0 Å². The van der Waals surface area contributed by atoms with E-state index in [0.29, 0.717) is 24.9 Å². The van der Waals surface area contributed by atoms with Crippen LogP contribution in [0, 0.1) is 11.7 Å². The van der Waals surface area contributed by atoms with Gasteiger partial charge in [-0.2, -0.15) is 0 Å². The molecule has 0 aromatic heterocycles. The van der Waals surface area contributed by atoms with Crippen molar-refractivity contribution in [2.45, 2.75) is 51.1 Å². The van der Waals surface area contributed by atoms with Gasteiger partial charge in [-0.05, 0) is 70.8 Å². The van der Waals surface area contributed by atoms with Gasteiger partial charge in [0.1, 0.15) is 5.82 Å². The van der Waals surface area contributed by atoms with E-state index in [-0.39, 0.29) is 11.7 Å². The van der Waals surface area contributed by atoms with E-state index in [1.807, 2.05) is 24.1 Å². The van der Waals surface area contributed by atoms with Crippen LogP contribution >= 0.6 is 0 Å². The summed E-state index contributed by atoms with van der Waals surface area (Å²) in [6, 6.07) is 7.45. The minimum Gasteiger partial charge on any atom is -0.343 e. The Kier molecular flexibility index (Phi) is 7.25. The molecular weight excluding hydrogens is 341 g/mol. The van der Waals surface area contributed by atoms with Gasteiger partial charge in [0, 0.05) is 38.2 Å². The summed E-state index contributed by atoms with van der Waals surface area (Å²) in [5.41, 5.74) is 0.774. The van der Waals surface area contributed by atoms with Crippen molar-refractivity contribution in [2.24, 2.45) is 5.92 Å². The van der Waals surface area contributed by atoms with Gasteiger partial charge in [-0.3, -0.25) is 9.69 Å². The van der Waals surface area contributed by atoms with Crippen molar-refractivity contribution in [2.75, 3.05) is 40.3 Å². The molecule has 0 aliphatic carbocycles. The average Bonchev–Trinajstić information content (AvgIpc) is 2.68. The molecule has 2 aliphatic rings. The number of hydrogen-bond acceptors (Lipinski definition) is 3. The van der Waals surface area contributed by atoms with Crippen molar-refractivity contribution in [1.29, 1.82) is 0 Å². The fourth-order valence-electron chi connectivity index (χ4n) is 4.49. The van der Waals surface area contributed by atoms with Crippen LogP contribution in [0.5, 0.6) is 0 Å². The van der Waals surface area contributed by atoms with Crippen molar-refractivity contribution in [1.82, 2.24) is 14.7 Å². The van der Waals surface area contributed by atoms with Crippen LogP contribution in [0.4, 0.5) is 4.39 Å². The highest BCUT2D eigenvalue weighted by Crippen LogP contribution is 2.24. The van der Waals surface area contributed by atoms with E-state index in [2.05, 4.69) is 16.8 Å². The molecule has 0 unspecified atom stereocenters. The Morgan fingerprint density at radius 3 is 2.67 bits per heavy atom. The Morgan fingerprint density at radius 1 is 1.19 bits per heavy atom. The zero-order chi connectivity index (χ0) is 19.2. The van der Waals surface area contributed by atoms with Crippen LogP contribution in [0.25, 0.3) is 0 Å². The van der Waals surface area contributed by atoms with Crippen molar-refractivity contribution in [3.63, 3.8) is 0 Å². The molecule has 27 heavy (non-hydrogen) atoms. The predicted octanol–water partition coefficient (Wildman–Crippen LogP) is 3.37. The third-order valence-electron chi connectivity index (χ3n) is 6.35. The summed E-state index contributed by atoms with van der Waals surface area (Å²) in [4.78, 5) is 19.3. The third kappa shape index (κ3) is 5.76. The highest BCUT2D eigenvalue weighted by Gasteiger charge is 2.26. The lowest BCUT2D eigenvalue weighted by Gasteiger charge is -2.36. The van der Waals surface area contributed by atoms with Gasteiger partial charge >= 0.3 is 0 Å². The van der Waals surface area contributed by atoms with Crippen LogP contribution in [0.3, 0.4) is 0 Å². The normalized spacial score (nSPS) is 22.7. The second kappa shape index (κ2) is 9.65. The largest absolute Gasteiger partial charge is 0.343 e. The quantitative estimate of drug-likeness (QED) is 0.763.